The summed E-state index contributed by atoms with van der Waals surface area (Å²) in [5.74, 6) is 5.35. The molecular formula is C30H41NO4S. The van der Waals surface area contributed by atoms with Gasteiger partial charge in [-0.05, 0) is 91.5 Å². The molecule has 0 saturated heterocycles. The van der Waals surface area contributed by atoms with E-state index < -0.39 is 5.97 Å². The van der Waals surface area contributed by atoms with Crippen LogP contribution in [-0.4, -0.2) is 35.2 Å². The first-order chi connectivity index (χ1) is 17.1. The summed E-state index contributed by atoms with van der Waals surface area (Å²) in [5, 5.41) is 10.1. The second-order valence-electron chi connectivity index (χ2n) is 11.8. The number of carboxylic acids is 1. The smallest absolute Gasteiger partial charge is 0.348 e. The van der Waals surface area contributed by atoms with Gasteiger partial charge in [0.15, 0.2) is 0 Å². The summed E-state index contributed by atoms with van der Waals surface area (Å²) in [6.07, 6.45) is 13.6. The largest absolute Gasteiger partial charge is 0.477 e. The van der Waals surface area contributed by atoms with Crippen LogP contribution < -0.4 is 4.90 Å². The standard InChI is InChI=1S/C30H41NO4S/c1-20-9-11-21(12-10-20)28(32)31(22-13-15-24(16-14-22)35-23-7-5-6-8-23)26-19-25(17-18-30(2,3)4)36-27(26)29(33)34/h9,19,21-24H,5-8,10-16H2,1-4H3,(H,33,34)/t21-,22-,24-/m0/s1. The molecule has 0 radical (unpaired) electrons. The Morgan fingerprint density at radius 1 is 1.06 bits per heavy atom. The van der Waals surface area contributed by atoms with Crippen LogP contribution in [-0.2, 0) is 9.53 Å². The Morgan fingerprint density at radius 3 is 2.31 bits per heavy atom. The summed E-state index contributed by atoms with van der Waals surface area (Å²) in [5.41, 5.74) is 1.67. The van der Waals surface area contributed by atoms with Gasteiger partial charge in [0.2, 0.25) is 5.91 Å². The van der Waals surface area contributed by atoms with Crippen molar-refractivity contribution in [3.05, 3.63) is 27.5 Å². The number of hydrogen-bond acceptors (Lipinski definition) is 4. The number of nitrogens with zero attached hydrogens (tertiary/aromatic N) is 1. The maximum absolute atomic E-state index is 14.0. The van der Waals surface area contributed by atoms with Gasteiger partial charge in [-0.3, -0.25) is 4.79 Å². The number of carbonyl (C=O) groups excluding carboxylic acids is 1. The van der Waals surface area contributed by atoms with Crippen molar-refractivity contribution in [1.29, 1.82) is 0 Å². The van der Waals surface area contributed by atoms with Crippen molar-refractivity contribution in [2.75, 3.05) is 4.90 Å². The lowest BCUT2D eigenvalue weighted by Gasteiger charge is -2.39. The quantitative estimate of drug-likeness (QED) is 0.324. The molecule has 4 rings (SSSR count). The zero-order chi connectivity index (χ0) is 25.9. The van der Waals surface area contributed by atoms with Gasteiger partial charge in [0.25, 0.3) is 0 Å². The molecule has 0 aromatic carbocycles. The molecule has 36 heavy (non-hydrogen) atoms. The van der Waals surface area contributed by atoms with Crippen molar-refractivity contribution in [1.82, 2.24) is 0 Å². The Balaban J connectivity index is 1.61. The summed E-state index contributed by atoms with van der Waals surface area (Å²) >= 11 is 1.18. The van der Waals surface area contributed by atoms with E-state index in [2.05, 4.69) is 24.8 Å². The Kier molecular flexibility index (Phi) is 8.63. The highest BCUT2D eigenvalue weighted by Crippen LogP contribution is 2.39. The number of rotatable bonds is 6. The minimum atomic E-state index is -0.991. The van der Waals surface area contributed by atoms with E-state index in [4.69, 9.17) is 4.74 Å². The molecule has 1 heterocycles. The maximum Gasteiger partial charge on any atom is 0.348 e. The maximum atomic E-state index is 14.0. The van der Waals surface area contributed by atoms with Crippen molar-refractivity contribution in [3.8, 4) is 11.8 Å². The Hall–Kier alpha value is -2.10. The predicted octanol–water partition coefficient (Wildman–Crippen LogP) is 7.19. The van der Waals surface area contributed by atoms with Crippen molar-refractivity contribution < 1.29 is 19.4 Å². The van der Waals surface area contributed by atoms with Crippen LogP contribution >= 0.6 is 11.3 Å². The van der Waals surface area contributed by atoms with Crippen LogP contribution in [0.4, 0.5) is 5.69 Å². The topological polar surface area (TPSA) is 66.8 Å². The van der Waals surface area contributed by atoms with E-state index in [9.17, 15) is 14.7 Å². The first kappa shape index (κ1) is 26.9. The molecule has 2 saturated carbocycles. The molecule has 1 aromatic rings. The van der Waals surface area contributed by atoms with Crippen LogP contribution in [0.3, 0.4) is 0 Å². The highest BCUT2D eigenvalue weighted by atomic mass is 32.1. The fraction of sp³-hybridized carbons (Fsp3) is 0.667. The predicted molar refractivity (Wildman–Crippen MR) is 146 cm³/mol. The molecule has 196 valence electrons. The Bertz CT molecular complexity index is 1040. The zero-order valence-corrected chi connectivity index (χ0v) is 23.1. The molecule has 0 spiro atoms. The zero-order valence-electron chi connectivity index (χ0n) is 22.3. The number of carbonyl (C=O) groups is 2. The highest BCUT2D eigenvalue weighted by molar-refractivity contribution is 7.15. The monoisotopic (exact) mass is 511 g/mol. The van der Waals surface area contributed by atoms with Crippen LogP contribution in [0.2, 0.25) is 0 Å². The molecule has 1 atom stereocenters. The third-order valence-corrected chi connectivity index (χ3v) is 8.68. The van der Waals surface area contributed by atoms with Gasteiger partial charge in [-0.1, -0.05) is 36.3 Å². The van der Waals surface area contributed by atoms with E-state index in [1.807, 2.05) is 31.7 Å². The molecule has 5 nitrogen and oxygen atoms in total. The van der Waals surface area contributed by atoms with E-state index in [0.29, 0.717) is 16.7 Å². The molecule has 3 aliphatic rings. The molecule has 6 heteroatoms. The van der Waals surface area contributed by atoms with E-state index in [0.717, 1.165) is 57.8 Å². The lowest BCUT2D eigenvalue weighted by atomic mass is 9.86. The Morgan fingerprint density at radius 2 is 1.72 bits per heavy atom. The fourth-order valence-electron chi connectivity index (χ4n) is 5.64. The minimum Gasteiger partial charge on any atom is -0.477 e. The first-order valence-electron chi connectivity index (χ1n) is 13.6. The number of aromatic carboxylic acids is 1. The van der Waals surface area contributed by atoms with Gasteiger partial charge in [-0.2, -0.15) is 0 Å². The van der Waals surface area contributed by atoms with Crippen LogP contribution in [0.25, 0.3) is 0 Å². The third kappa shape index (κ3) is 6.81. The lowest BCUT2D eigenvalue weighted by molar-refractivity contribution is -0.123. The number of amides is 1. The normalized spacial score (nSPS) is 25.1. The van der Waals surface area contributed by atoms with Gasteiger partial charge in [-0.25, -0.2) is 4.79 Å². The summed E-state index contributed by atoms with van der Waals surface area (Å²) in [7, 11) is 0. The molecular weight excluding hydrogens is 470 g/mol. The van der Waals surface area contributed by atoms with Gasteiger partial charge in [-0.15, -0.1) is 11.3 Å². The summed E-state index contributed by atoms with van der Waals surface area (Å²) in [6, 6.07) is 1.83. The SMILES string of the molecule is CC1=CC[C@H](C(=O)N(c2cc(C#CC(C)(C)C)sc2C(=O)O)[C@H]2CC[C@H](OC3CCCC3)CC2)CC1. The van der Waals surface area contributed by atoms with Crippen LogP contribution in [0, 0.1) is 23.2 Å². The number of carboxylic acid groups (broad SMARTS) is 1. The number of hydrogen-bond donors (Lipinski definition) is 1. The van der Waals surface area contributed by atoms with E-state index >= 15 is 0 Å². The molecule has 1 aromatic heterocycles. The number of anilines is 1. The second-order valence-corrected chi connectivity index (χ2v) is 12.9. The number of ether oxygens (including phenoxy) is 1. The number of allylic oxidation sites excluding steroid dienone is 2. The minimum absolute atomic E-state index is 0.0101. The van der Waals surface area contributed by atoms with Gasteiger partial charge in [0.1, 0.15) is 4.88 Å². The van der Waals surface area contributed by atoms with Crippen molar-refractivity contribution in [3.63, 3.8) is 0 Å². The van der Waals surface area contributed by atoms with Crippen LogP contribution in [0.5, 0.6) is 0 Å². The van der Waals surface area contributed by atoms with Crippen LogP contribution in [0.15, 0.2) is 17.7 Å². The van der Waals surface area contributed by atoms with Crippen LogP contribution in [0.1, 0.15) is 113 Å². The highest BCUT2D eigenvalue weighted by Gasteiger charge is 2.37. The van der Waals surface area contributed by atoms with Gasteiger partial charge >= 0.3 is 5.97 Å². The fourth-order valence-corrected chi connectivity index (χ4v) is 6.48. The summed E-state index contributed by atoms with van der Waals surface area (Å²) < 4.78 is 6.38. The average molecular weight is 512 g/mol. The number of thiophene rings is 1. The van der Waals surface area contributed by atoms with E-state index in [-0.39, 0.29) is 34.3 Å². The van der Waals surface area contributed by atoms with Crippen molar-refractivity contribution in [2.24, 2.45) is 11.3 Å². The first-order valence-corrected chi connectivity index (χ1v) is 14.5. The molecule has 2 fully saturated rings. The molecule has 1 N–H and O–H groups in total. The second kappa shape index (κ2) is 11.5. The van der Waals surface area contributed by atoms with Crippen molar-refractivity contribution >= 4 is 28.9 Å². The molecule has 0 aliphatic heterocycles. The molecule has 0 bridgehead atoms. The van der Waals surface area contributed by atoms with E-state index in [1.165, 1.54) is 29.8 Å². The van der Waals surface area contributed by atoms with E-state index in [1.54, 1.807) is 0 Å². The van der Waals surface area contributed by atoms with Gasteiger partial charge in [0, 0.05) is 17.4 Å². The summed E-state index contributed by atoms with van der Waals surface area (Å²) in [4.78, 5) is 29.1. The molecule has 1 amide bonds. The summed E-state index contributed by atoms with van der Waals surface area (Å²) in [6.45, 7) is 8.22. The lowest BCUT2D eigenvalue weighted by Crippen LogP contribution is -2.47. The molecule has 0 unspecified atom stereocenters. The van der Waals surface area contributed by atoms with Gasteiger partial charge in [0.05, 0.1) is 22.8 Å². The Labute approximate surface area is 220 Å². The molecule has 3 aliphatic carbocycles. The average Bonchev–Trinajstić information content (AvgIpc) is 3.49. The van der Waals surface area contributed by atoms with Crippen molar-refractivity contribution in [2.45, 2.75) is 117 Å². The van der Waals surface area contributed by atoms with Gasteiger partial charge < -0.3 is 14.7 Å². The third-order valence-electron chi connectivity index (χ3n) is 7.65.